The number of aryl methyl sites for hydroxylation is 2. The van der Waals surface area contributed by atoms with Crippen LogP contribution >= 0.6 is 11.6 Å². The molecule has 0 radical (unpaired) electrons. The minimum absolute atomic E-state index is 0.0100. The summed E-state index contributed by atoms with van der Waals surface area (Å²) < 4.78 is 10.9. The Balaban J connectivity index is 1.79. The Kier molecular flexibility index (Phi) is 7.63. The third kappa shape index (κ3) is 6.16. The molecule has 0 amide bonds. The number of hydrogen-bond donors (Lipinski definition) is 0. The van der Waals surface area contributed by atoms with E-state index in [-0.39, 0.29) is 18.0 Å². The average molecular weight is 395 g/mol. The molecule has 0 aliphatic carbocycles. The molecule has 0 bridgehead atoms. The zero-order valence-corrected chi connectivity index (χ0v) is 16.4. The monoisotopic (exact) mass is 394 g/mol. The highest BCUT2D eigenvalue weighted by atomic mass is 35.5. The van der Waals surface area contributed by atoms with Crippen LogP contribution in [0.5, 0.6) is 11.5 Å². The maximum Gasteiger partial charge on any atom is 0.311 e. The second kappa shape index (κ2) is 10.2. The van der Waals surface area contributed by atoms with Gasteiger partial charge in [-0.2, -0.15) is 10.5 Å². The smallest absolute Gasteiger partial charge is 0.311 e. The van der Waals surface area contributed by atoms with Crippen molar-refractivity contribution in [2.75, 3.05) is 6.61 Å². The van der Waals surface area contributed by atoms with Crippen molar-refractivity contribution in [3.63, 3.8) is 0 Å². The number of rotatable bonds is 7. The number of benzene rings is 2. The standard InChI is InChI=1S/C22H19ClN2O3/c1-15-10-20(11-16(2)22(15)23)27-9-3-4-21(26)28-19-7-5-17(6-8-19)12-18(13-24)14-25/h5-8,10-12H,3-4,9H2,1-2H3. The Morgan fingerprint density at radius 3 is 2.25 bits per heavy atom. The number of nitrogens with zero attached hydrogens (tertiary/aromatic N) is 2. The van der Waals surface area contributed by atoms with Crippen molar-refractivity contribution < 1.29 is 14.3 Å². The van der Waals surface area contributed by atoms with Gasteiger partial charge < -0.3 is 9.47 Å². The Bertz CT molecular complexity index is 928. The minimum Gasteiger partial charge on any atom is -0.494 e. The fraction of sp³-hybridized carbons (Fsp3) is 0.227. The molecule has 6 heteroatoms. The van der Waals surface area contributed by atoms with E-state index in [0.717, 1.165) is 21.9 Å². The molecule has 2 aromatic carbocycles. The number of nitriles is 2. The zero-order valence-electron chi connectivity index (χ0n) is 15.7. The van der Waals surface area contributed by atoms with Crippen LogP contribution in [-0.2, 0) is 4.79 Å². The molecule has 142 valence electrons. The molecule has 0 heterocycles. The molecule has 2 rings (SSSR count). The molecule has 0 saturated heterocycles. The van der Waals surface area contributed by atoms with E-state index in [0.29, 0.717) is 24.3 Å². The molecule has 0 atom stereocenters. The fourth-order valence-corrected chi connectivity index (χ4v) is 2.58. The van der Waals surface area contributed by atoms with Crippen LogP contribution in [0.1, 0.15) is 29.5 Å². The topological polar surface area (TPSA) is 83.1 Å². The molecule has 0 fully saturated rings. The van der Waals surface area contributed by atoms with Crippen LogP contribution in [-0.4, -0.2) is 12.6 Å². The molecule has 0 aromatic heterocycles. The predicted molar refractivity (Wildman–Crippen MR) is 107 cm³/mol. The highest BCUT2D eigenvalue weighted by molar-refractivity contribution is 6.32. The highest BCUT2D eigenvalue weighted by Gasteiger charge is 2.07. The molecule has 28 heavy (non-hydrogen) atoms. The largest absolute Gasteiger partial charge is 0.494 e. The molecule has 0 saturated carbocycles. The molecule has 0 spiro atoms. The maximum absolute atomic E-state index is 11.9. The number of esters is 1. The molecular weight excluding hydrogens is 376 g/mol. The lowest BCUT2D eigenvalue weighted by molar-refractivity contribution is -0.134. The number of carbonyl (C=O) groups excluding carboxylic acids is 1. The van der Waals surface area contributed by atoms with Crippen molar-refractivity contribution in [2.24, 2.45) is 0 Å². The first kappa shape index (κ1) is 21.0. The lowest BCUT2D eigenvalue weighted by Gasteiger charge is -2.10. The van der Waals surface area contributed by atoms with Crippen LogP contribution in [0.4, 0.5) is 0 Å². The first-order chi connectivity index (χ1) is 13.4. The van der Waals surface area contributed by atoms with Crippen LogP contribution in [0.2, 0.25) is 5.02 Å². The number of hydrogen-bond acceptors (Lipinski definition) is 5. The van der Waals surface area contributed by atoms with E-state index in [2.05, 4.69) is 0 Å². The summed E-state index contributed by atoms with van der Waals surface area (Å²) in [5.74, 6) is 0.776. The van der Waals surface area contributed by atoms with Crippen LogP contribution in [0.25, 0.3) is 6.08 Å². The second-order valence-corrected chi connectivity index (χ2v) is 6.53. The SMILES string of the molecule is Cc1cc(OCCCC(=O)Oc2ccc(C=C(C#N)C#N)cc2)cc(C)c1Cl. The average Bonchev–Trinajstić information content (AvgIpc) is 2.68. The fourth-order valence-electron chi connectivity index (χ4n) is 2.47. The molecular formula is C22H19ClN2O3. The van der Waals surface area contributed by atoms with Gasteiger partial charge in [-0.1, -0.05) is 23.7 Å². The summed E-state index contributed by atoms with van der Waals surface area (Å²) in [6, 6.07) is 13.9. The predicted octanol–water partition coefficient (Wildman–Crippen LogP) is 5.15. The van der Waals surface area contributed by atoms with Gasteiger partial charge >= 0.3 is 5.97 Å². The number of ether oxygens (including phenoxy) is 2. The second-order valence-electron chi connectivity index (χ2n) is 6.15. The van der Waals surface area contributed by atoms with E-state index in [1.807, 2.05) is 26.0 Å². The summed E-state index contributed by atoms with van der Waals surface area (Å²) in [5, 5.41) is 18.2. The van der Waals surface area contributed by atoms with Gasteiger partial charge in [0.25, 0.3) is 0 Å². The van der Waals surface area contributed by atoms with Crippen molar-refractivity contribution in [3.8, 4) is 23.6 Å². The van der Waals surface area contributed by atoms with Gasteiger partial charge in [0.2, 0.25) is 0 Å². The van der Waals surface area contributed by atoms with E-state index in [4.69, 9.17) is 31.6 Å². The highest BCUT2D eigenvalue weighted by Crippen LogP contribution is 2.26. The first-order valence-electron chi connectivity index (χ1n) is 8.65. The summed E-state index contributed by atoms with van der Waals surface area (Å²) in [6.45, 7) is 4.23. The first-order valence-corrected chi connectivity index (χ1v) is 9.03. The molecule has 2 aromatic rings. The van der Waals surface area contributed by atoms with E-state index in [1.165, 1.54) is 6.08 Å². The van der Waals surface area contributed by atoms with E-state index < -0.39 is 0 Å². The maximum atomic E-state index is 11.9. The van der Waals surface area contributed by atoms with Crippen LogP contribution in [0, 0.1) is 36.5 Å². The molecule has 0 N–H and O–H groups in total. The Labute approximate surface area is 169 Å². The lowest BCUT2D eigenvalue weighted by atomic mass is 10.1. The summed E-state index contributed by atoms with van der Waals surface area (Å²) >= 11 is 6.13. The van der Waals surface area contributed by atoms with Crippen molar-refractivity contribution in [3.05, 3.63) is 63.7 Å². The summed E-state index contributed by atoms with van der Waals surface area (Å²) in [4.78, 5) is 11.9. The molecule has 5 nitrogen and oxygen atoms in total. The van der Waals surface area contributed by atoms with Gasteiger partial charge in [0.1, 0.15) is 29.2 Å². The summed E-state index contributed by atoms with van der Waals surface area (Å²) in [6.07, 6.45) is 2.21. The number of allylic oxidation sites excluding steroid dienone is 1. The molecule has 0 aliphatic rings. The van der Waals surface area contributed by atoms with E-state index in [9.17, 15) is 4.79 Å². The third-order valence-corrected chi connectivity index (χ3v) is 4.46. The van der Waals surface area contributed by atoms with Crippen LogP contribution in [0.15, 0.2) is 42.0 Å². The van der Waals surface area contributed by atoms with Gasteiger partial charge in [0, 0.05) is 11.4 Å². The van der Waals surface area contributed by atoms with Gasteiger partial charge in [-0.25, -0.2) is 0 Å². The Morgan fingerprint density at radius 1 is 1.07 bits per heavy atom. The van der Waals surface area contributed by atoms with E-state index in [1.54, 1.807) is 36.4 Å². The van der Waals surface area contributed by atoms with Crippen LogP contribution in [0.3, 0.4) is 0 Å². The number of carbonyl (C=O) groups is 1. The lowest BCUT2D eigenvalue weighted by Crippen LogP contribution is -2.10. The van der Waals surface area contributed by atoms with Crippen molar-refractivity contribution in [1.82, 2.24) is 0 Å². The number of halogens is 1. The van der Waals surface area contributed by atoms with Gasteiger partial charge in [-0.05, 0) is 67.3 Å². The zero-order chi connectivity index (χ0) is 20.5. The summed E-state index contributed by atoms with van der Waals surface area (Å²) in [5.41, 5.74) is 2.59. The van der Waals surface area contributed by atoms with Gasteiger partial charge in [-0.15, -0.1) is 0 Å². The van der Waals surface area contributed by atoms with Gasteiger partial charge in [0.15, 0.2) is 0 Å². The van der Waals surface area contributed by atoms with Crippen molar-refractivity contribution >= 4 is 23.6 Å². The quantitative estimate of drug-likeness (QED) is 0.280. The Hall–Kier alpha value is -3.28. The normalized spacial score (nSPS) is 9.75. The Morgan fingerprint density at radius 2 is 1.68 bits per heavy atom. The summed E-state index contributed by atoms with van der Waals surface area (Å²) in [7, 11) is 0. The van der Waals surface area contributed by atoms with Crippen molar-refractivity contribution in [1.29, 1.82) is 10.5 Å². The molecule has 0 unspecified atom stereocenters. The van der Waals surface area contributed by atoms with Gasteiger partial charge in [0.05, 0.1) is 6.61 Å². The van der Waals surface area contributed by atoms with Crippen LogP contribution < -0.4 is 9.47 Å². The third-order valence-electron chi connectivity index (χ3n) is 3.87. The van der Waals surface area contributed by atoms with Gasteiger partial charge in [-0.3, -0.25) is 4.79 Å². The van der Waals surface area contributed by atoms with Crippen molar-refractivity contribution in [2.45, 2.75) is 26.7 Å². The molecule has 0 aliphatic heterocycles. The minimum atomic E-state index is -0.356. The van der Waals surface area contributed by atoms with E-state index >= 15 is 0 Å².